The van der Waals surface area contributed by atoms with E-state index in [4.69, 9.17) is 10.2 Å². The van der Waals surface area contributed by atoms with Crippen LogP contribution in [0.1, 0.15) is 48.9 Å². The fourth-order valence-corrected chi connectivity index (χ4v) is 6.24. The molecule has 0 bridgehead atoms. The van der Waals surface area contributed by atoms with Gasteiger partial charge in [-0.05, 0) is 47.5 Å². The molecule has 0 saturated heterocycles. The molecule has 5 nitrogen and oxygen atoms in total. The van der Waals surface area contributed by atoms with Crippen LogP contribution in [-0.2, 0) is 9.79 Å². The van der Waals surface area contributed by atoms with Gasteiger partial charge in [0.25, 0.3) is 0 Å². The van der Waals surface area contributed by atoms with Gasteiger partial charge in [0.05, 0.1) is 17.1 Å². The molecule has 1 spiro atoms. The Morgan fingerprint density at radius 1 is 0.737 bits per heavy atom. The van der Waals surface area contributed by atoms with Crippen molar-refractivity contribution in [1.29, 1.82) is 0 Å². The van der Waals surface area contributed by atoms with Crippen molar-refractivity contribution in [3.05, 3.63) is 131 Å². The molecule has 1 atom stereocenters. The minimum Gasteiger partial charge on any atom is -0.292 e. The number of nitrogens with zero attached hydrogens (tertiary/aromatic N) is 4. The molecule has 6 heteroatoms. The highest BCUT2D eigenvalue weighted by Gasteiger charge is 2.55. The van der Waals surface area contributed by atoms with Crippen molar-refractivity contribution >= 4 is 39.7 Å². The Labute approximate surface area is 227 Å². The highest BCUT2D eigenvalue weighted by atomic mass is 32.2. The van der Waals surface area contributed by atoms with Gasteiger partial charge in [0, 0.05) is 23.6 Å². The number of carbonyl (C=O) groups is 1. The highest BCUT2D eigenvalue weighted by molar-refractivity contribution is 8.17. The number of carbonyl (C=O) groups excluding carboxylic acids is 1. The Morgan fingerprint density at radius 2 is 1.29 bits per heavy atom. The van der Waals surface area contributed by atoms with Gasteiger partial charge in [-0.15, -0.1) is 0 Å². The molecule has 0 saturated carbocycles. The van der Waals surface area contributed by atoms with Crippen molar-refractivity contribution in [2.45, 2.75) is 31.7 Å². The molecular formula is C32H28N4OS. The van der Waals surface area contributed by atoms with E-state index in [1.807, 2.05) is 82.8 Å². The summed E-state index contributed by atoms with van der Waals surface area (Å²) in [7, 11) is 0. The third-order valence-electron chi connectivity index (χ3n) is 6.89. The zero-order valence-corrected chi connectivity index (χ0v) is 22.4. The number of anilines is 2. The van der Waals surface area contributed by atoms with Crippen LogP contribution in [0.15, 0.2) is 119 Å². The number of hydrazone groups is 2. The normalized spacial score (nSPS) is 18.4. The van der Waals surface area contributed by atoms with E-state index in [-0.39, 0.29) is 5.78 Å². The second-order valence-corrected chi connectivity index (χ2v) is 10.9. The third-order valence-corrected chi connectivity index (χ3v) is 8.30. The molecule has 4 aromatic carbocycles. The van der Waals surface area contributed by atoms with Crippen molar-refractivity contribution in [2.24, 2.45) is 10.2 Å². The van der Waals surface area contributed by atoms with Crippen molar-refractivity contribution in [2.75, 3.05) is 10.0 Å². The lowest BCUT2D eigenvalue weighted by molar-refractivity contribution is -0.110. The summed E-state index contributed by atoms with van der Waals surface area (Å²) in [5.74, 6) is 0.377. The standard InChI is InChI=1S/C32H28N4OS/c1-22(2)24-18-20-25(21-19-24)30-28-16-10-11-17-29(28)32(35(33-30)26-12-6-4-7-13-26)36(27-14-8-5-9-15-27)34-31(38-32)23(3)37/h4-22H,1-3H3/t32-/m0/s1. The lowest BCUT2D eigenvalue weighted by atomic mass is 9.92. The van der Waals surface area contributed by atoms with Gasteiger partial charge in [0.1, 0.15) is 0 Å². The molecule has 0 aromatic heterocycles. The number of hydrogen-bond acceptors (Lipinski definition) is 6. The maximum absolute atomic E-state index is 12.7. The number of rotatable bonds is 5. The van der Waals surface area contributed by atoms with Crippen LogP contribution in [0.25, 0.3) is 0 Å². The Balaban J connectivity index is 1.63. The minimum absolute atomic E-state index is 0.0719. The van der Waals surface area contributed by atoms with Crippen LogP contribution in [-0.4, -0.2) is 16.5 Å². The fraction of sp³-hybridized carbons (Fsp3) is 0.156. The molecule has 6 rings (SSSR count). The first-order chi connectivity index (χ1) is 18.5. The summed E-state index contributed by atoms with van der Waals surface area (Å²) in [6.45, 7) is 5.97. The Kier molecular flexibility index (Phi) is 6.12. The first-order valence-electron chi connectivity index (χ1n) is 12.8. The summed E-state index contributed by atoms with van der Waals surface area (Å²) < 4.78 is 0. The Hall–Kier alpha value is -4.16. The second-order valence-electron chi connectivity index (χ2n) is 9.74. The van der Waals surface area contributed by atoms with E-state index in [0.29, 0.717) is 11.0 Å². The monoisotopic (exact) mass is 516 g/mol. The number of ketones is 1. The zero-order valence-electron chi connectivity index (χ0n) is 21.6. The average molecular weight is 517 g/mol. The Bertz CT molecular complexity index is 1550. The van der Waals surface area contributed by atoms with E-state index in [1.54, 1.807) is 6.92 Å². The van der Waals surface area contributed by atoms with E-state index >= 15 is 0 Å². The first kappa shape index (κ1) is 24.2. The number of Topliss-reactive ketones (excluding diaryl/α,β-unsaturated/α-hetero) is 1. The lowest BCUT2D eigenvalue weighted by Gasteiger charge is -2.47. The van der Waals surface area contributed by atoms with Gasteiger partial charge < -0.3 is 0 Å². The number of hydrogen-bond donors (Lipinski definition) is 0. The topological polar surface area (TPSA) is 48.3 Å². The zero-order chi connectivity index (χ0) is 26.3. The predicted octanol–water partition coefficient (Wildman–Crippen LogP) is 7.35. The number of thioether (sulfide) groups is 1. The molecular weight excluding hydrogens is 488 g/mol. The highest BCUT2D eigenvalue weighted by Crippen LogP contribution is 2.54. The van der Waals surface area contributed by atoms with Crippen LogP contribution in [0, 0.1) is 0 Å². The summed E-state index contributed by atoms with van der Waals surface area (Å²) >= 11 is 1.44. The van der Waals surface area contributed by atoms with Gasteiger partial charge in [-0.3, -0.25) is 4.79 Å². The van der Waals surface area contributed by atoms with E-state index in [9.17, 15) is 4.79 Å². The lowest BCUT2D eigenvalue weighted by Crippen LogP contribution is -2.54. The maximum Gasteiger partial charge on any atom is 0.234 e. The first-order valence-corrected chi connectivity index (χ1v) is 13.6. The van der Waals surface area contributed by atoms with Crippen molar-refractivity contribution in [1.82, 2.24) is 0 Å². The molecule has 0 amide bonds. The predicted molar refractivity (Wildman–Crippen MR) is 158 cm³/mol. The summed E-state index contributed by atoms with van der Waals surface area (Å²) in [6.07, 6.45) is 0. The van der Waals surface area contributed by atoms with Gasteiger partial charge in [0.15, 0.2) is 10.8 Å². The molecule has 188 valence electrons. The summed E-state index contributed by atoms with van der Waals surface area (Å²) in [6, 6.07) is 37.1. The van der Waals surface area contributed by atoms with Gasteiger partial charge in [0.2, 0.25) is 4.99 Å². The SMILES string of the molecule is CC(=O)C1=NN(c2ccccc2)[C@]2(S1)c1ccccc1C(c1ccc(C(C)C)cc1)=NN2c1ccccc1. The fourth-order valence-electron chi connectivity index (χ4n) is 4.95. The molecule has 0 unspecified atom stereocenters. The molecule has 0 fully saturated rings. The van der Waals surface area contributed by atoms with Gasteiger partial charge >= 0.3 is 0 Å². The molecule has 0 aliphatic carbocycles. The molecule has 2 aliphatic heterocycles. The summed E-state index contributed by atoms with van der Waals surface area (Å²) in [5.41, 5.74) is 7.05. The van der Waals surface area contributed by atoms with E-state index in [2.05, 4.69) is 50.2 Å². The molecule has 0 radical (unpaired) electrons. The van der Waals surface area contributed by atoms with E-state index in [0.717, 1.165) is 33.8 Å². The van der Waals surface area contributed by atoms with Crippen molar-refractivity contribution in [3.63, 3.8) is 0 Å². The maximum atomic E-state index is 12.7. The quantitative estimate of drug-likeness (QED) is 0.278. The van der Waals surface area contributed by atoms with Gasteiger partial charge in [-0.1, -0.05) is 98.8 Å². The summed E-state index contributed by atoms with van der Waals surface area (Å²) in [4.78, 5) is 11.8. The molecule has 4 aromatic rings. The van der Waals surface area contributed by atoms with Crippen LogP contribution in [0.3, 0.4) is 0 Å². The van der Waals surface area contributed by atoms with Crippen LogP contribution in [0.2, 0.25) is 0 Å². The van der Waals surface area contributed by atoms with E-state index < -0.39 is 4.99 Å². The molecule has 0 N–H and O–H groups in total. The van der Waals surface area contributed by atoms with Crippen molar-refractivity contribution in [3.8, 4) is 0 Å². The second kappa shape index (κ2) is 9.62. The van der Waals surface area contributed by atoms with Crippen LogP contribution < -0.4 is 10.0 Å². The third kappa shape index (κ3) is 3.92. The van der Waals surface area contributed by atoms with Gasteiger partial charge in [-0.2, -0.15) is 10.2 Å². The van der Waals surface area contributed by atoms with Crippen molar-refractivity contribution < 1.29 is 4.79 Å². The van der Waals surface area contributed by atoms with Crippen LogP contribution in [0.4, 0.5) is 11.4 Å². The number of para-hydroxylation sites is 2. The van der Waals surface area contributed by atoms with E-state index in [1.165, 1.54) is 17.3 Å². The smallest absolute Gasteiger partial charge is 0.234 e. The average Bonchev–Trinajstić information content (AvgIpc) is 3.36. The number of benzene rings is 4. The summed E-state index contributed by atoms with van der Waals surface area (Å²) in [5, 5.41) is 14.7. The number of fused-ring (bicyclic) bond motifs is 2. The molecule has 2 aliphatic rings. The van der Waals surface area contributed by atoms with Gasteiger partial charge in [-0.25, -0.2) is 10.0 Å². The Morgan fingerprint density at radius 3 is 1.87 bits per heavy atom. The minimum atomic E-state index is -0.929. The van der Waals surface area contributed by atoms with Crippen LogP contribution in [0.5, 0.6) is 0 Å². The molecule has 2 heterocycles. The van der Waals surface area contributed by atoms with Crippen LogP contribution >= 0.6 is 11.8 Å². The largest absolute Gasteiger partial charge is 0.292 e. The molecule has 38 heavy (non-hydrogen) atoms.